The quantitative estimate of drug-likeness (QED) is 0.219. The van der Waals surface area contributed by atoms with Gasteiger partial charge in [-0.3, -0.25) is 9.48 Å². The van der Waals surface area contributed by atoms with Crippen molar-refractivity contribution in [3.63, 3.8) is 0 Å². The van der Waals surface area contributed by atoms with Gasteiger partial charge in [-0.15, -0.1) is 0 Å². The Kier molecular flexibility index (Phi) is 5.42. The molecule has 0 radical (unpaired) electrons. The minimum absolute atomic E-state index is 0.964. The van der Waals surface area contributed by atoms with Crippen LogP contribution in [0.2, 0.25) is 0 Å². The number of hydrogen-bond acceptors (Lipinski definition) is 2. The van der Waals surface area contributed by atoms with E-state index in [-0.39, 0.29) is 0 Å². The van der Waals surface area contributed by atoms with E-state index in [0.29, 0.717) is 0 Å². The molecule has 5 nitrogen and oxygen atoms in total. The molecule has 0 aromatic carbocycles. The van der Waals surface area contributed by atoms with E-state index in [1.165, 1.54) is 0 Å². The molecule has 0 aliphatic carbocycles. The summed E-state index contributed by atoms with van der Waals surface area (Å²) in [6.07, 6.45) is 0. The van der Waals surface area contributed by atoms with Crippen molar-refractivity contribution in [1.82, 2.24) is 14.7 Å². The van der Waals surface area contributed by atoms with Crippen LogP contribution >= 0.6 is 7.81 Å². The maximum atomic E-state index is 9.87. The molecular weight excluding hydrogens is 335 g/mol. The van der Waals surface area contributed by atoms with Crippen LogP contribution in [0.5, 0.6) is 0 Å². The first-order valence-electron chi connectivity index (χ1n) is 6.17. The van der Waals surface area contributed by atoms with E-state index >= 15 is 0 Å². The van der Waals surface area contributed by atoms with Gasteiger partial charge in [-0.2, -0.15) is 0 Å². The van der Waals surface area contributed by atoms with Crippen molar-refractivity contribution < 1.29 is 29.8 Å². The fraction of sp³-hybridized carbons (Fsp3) is 0.800. The molecule has 0 fully saturated rings. The molecule has 0 saturated heterocycles. The third kappa shape index (κ3) is 10.5. The molecule has 0 aromatic rings. The SMILES string of the molecule is CN(C)C(=NC1=[N+](C)CCN1C)N(C)C.F[P-](F)(F)(F)(F)F. The number of likely N-dealkylation sites (N-methyl/N-ethyl adjacent to an activating group) is 2. The van der Waals surface area contributed by atoms with Crippen molar-refractivity contribution in [3.05, 3.63) is 0 Å². The van der Waals surface area contributed by atoms with Crippen LogP contribution in [0, 0.1) is 0 Å². The Morgan fingerprint density at radius 3 is 1.64 bits per heavy atom. The Balaban J connectivity index is 0.000000534. The second kappa shape index (κ2) is 5.75. The van der Waals surface area contributed by atoms with Gasteiger partial charge in [0.1, 0.15) is 0 Å². The van der Waals surface area contributed by atoms with Gasteiger partial charge in [-0.25, -0.2) is 0 Å². The van der Waals surface area contributed by atoms with Crippen molar-refractivity contribution in [3.8, 4) is 0 Å². The first-order valence-corrected chi connectivity index (χ1v) is 8.20. The molecule has 134 valence electrons. The molecule has 22 heavy (non-hydrogen) atoms. The average molecular weight is 357 g/mol. The molecule has 1 heterocycles. The molecule has 0 spiro atoms. The third-order valence-corrected chi connectivity index (χ3v) is 2.45. The molecule has 0 N–H and O–H groups in total. The zero-order valence-electron chi connectivity index (χ0n) is 13.4. The Bertz CT molecular complexity index is 445. The Hall–Kier alpha value is -1.25. The third-order valence-electron chi connectivity index (χ3n) is 2.45. The average Bonchev–Trinajstić information content (AvgIpc) is 2.50. The summed E-state index contributed by atoms with van der Waals surface area (Å²) in [5, 5.41) is 0. The minimum atomic E-state index is -10.7. The fourth-order valence-electron chi connectivity index (χ4n) is 1.65. The summed E-state index contributed by atoms with van der Waals surface area (Å²) in [7, 11) is 1.53. The van der Waals surface area contributed by atoms with Crippen LogP contribution in [0.3, 0.4) is 0 Å². The van der Waals surface area contributed by atoms with Crippen LogP contribution in [-0.2, 0) is 0 Å². The molecule has 1 aliphatic heterocycles. The molecule has 1 aliphatic rings. The molecule has 1 rings (SSSR count). The van der Waals surface area contributed by atoms with Gasteiger partial charge < -0.3 is 9.80 Å². The normalized spacial score (nSPS) is 18.1. The van der Waals surface area contributed by atoms with Gasteiger partial charge in [-0.05, 0) is 4.99 Å². The van der Waals surface area contributed by atoms with Gasteiger partial charge >= 0.3 is 38.9 Å². The van der Waals surface area contributed by atoms with E-state index in [1.807, 2.05) is 38.0 Å². The van der Waals surface area contributed by atoms with Crippen LogP contribution in [0.25, 0.3) is 0 Å². The number of nitrogens with zero attached hydrogens (tertiary/aromatic N) is 5. The summed E-state index contributed by atoms with van der Waals surface area (Å²) in [4.78, 5) is 10.9. The molecule has 0 unspecified atom stereocenters. The Labute approximate surface area is 125 Å². The van der Waals surface area contributed by atoms with E-state index < -0.39 is 7.81 Å². The number of guanidine groups is 2. The second-order valence-electron chi connectivity index (χ2n) is 5.30. The summed E-state index contributed by atoms with van der Waals surface area (Å²) < 4.78 is 61.4. The van der Waals surface area contributed by atoms with Crippen LogP contribution in [-0.4, -0.2) is 86.6 Å². The number of halogens is 6. The van der Waals surface area contributed by atoms with Crippen molar-refractivity contribution in [2.24, 2.45) is 4.99 Å². The first-order chi connectivity index (χ1) is 9.38. The van der Waals surface area contributed by atoms with E-state index in [0.717, 1.165) is 25.0 Å². The van der Waals surface area contributed by atoms with Crippen molar-refractivity contribution in [1.29, 1.82) is 0 Å². The van der Waals surface area contributed by atoms with Crippen molar-refractivity contribution in [2.75, 3.05) is 55.4 Å². The monoisotopic (exact) mass is 357 g/mol. The molecule has 0 aromatic heterocycles. The van der Waals surface area contributed by atoms with Gasteiger partial charge in [0.2, 0.25) is 0 Å². The molecule has 0 bridgehead atoms. The Morgan fingerprint density at radius 2 is 1.41 bits per heavy atom. The predicted molar refractivity (Wildman–Crippen MR) is 77.1 cm³/mol. The summed E-state index contributed by atoms with van der Waals surface area (Å²) in [6.45, 7) is 2.09. The van der Waals surface area contributed by atoms with Crippen molar-refractivity contribution in [2.45, 2.75) is 0 Å². The maximum absolute atomic E-state index is 10.7. The van der Waals surface area contributed by atoms with Gasteiger partial charge in [0, 0.05) is 28.2 Å². The fourth-order valence-corrected chi connectivity index (χ4v) is 1.65. The predicted octanol–water partition coefficient (Wildman–Crippen LogP) is 2.79. The van der Waals surface area contributed by atoms with Crippen LogP contribution in [0.1, 0.15) is 0 Å². The summed E-state index contributed by atoms with van der Waals surface area (Å²) >= 11 is 0. The number of hydrogen-bond donors (Lipinski definition) is 0. The van der Waals surface area contributed by atoms with Gasteiger partial charge in [0.05, 0.1) is 27.2 Å². The van der Waals surface area contributed by atoms with Crippen LogP contribution in [0.15, 0.2) is 4.99 Å². The van der Waals surface area contributed by atoms with Crippen molar-refractivity contribution >= 4 is 19.7 Å². The summed E-state index contributed by atoms with van der Waals surface area (Å²) in [5.41, 5.74) is 0. The molecule has 0 saturated carbocycles. The molecule has 12 heteroatoms. The van der Waals surface area contributed by atoms with Gasteiger partial charge in [0.25, 0.3) is 5.96 Å². The number of rotatable bonds is 0. The number of aliphatic imine (C=N–C) groups is 1. The van der Waals surface area contributed by atoms with E-state index in [1.54, 1.807) is 0 Å². The summed E-state index contributed by atoms with van der Waals surface area (Å²) in [6, 6.07) is 0. The molecule has 0 amide bonds. The van der Waals surface area contributed by atoms with Crippen LogP contribution < -0.4 is 0 Å². The standard InChI is InChI=1S/C10H22N5.F6P/c1-12(2)9(13(3)4)11-10-14(5)7-8-15(10)6;1-7(2,3,4,5)6/h7-8H2,1-6H3;/q+1;-1. The van der Waals surface area contributed by atoms with Gasteiger partial charge in [0.15, 0.2) is 0 Å². The Morgan fingerprint density at radius 1 is 1.05 bits per heavy atom. The summed E-state index contributed by atoms with van der Waals surface area (Å²) in [5.74, 6) is 2.00. The van der Waals surface area contributed by atoms with Gasteiger partial charge in [-0.1, -0.05) is 0 Å². The van der Waals surface area contributed by atoms with E-state index in [9.17, 15) is 25.2 Å². The zero-order chi connectivity index (χ0) is 18.0. The topological polar surface area (TPSA) is 25.1 Å². The van der Waals surface area contributed by atoms with E-state index in [2.05, 4.69) is 28.6 Å². The van der Waals surface area contributed by atoms with Crippen LogP contribution in [0.4, 0.5) is 25.2 Å². The van der Waals surface area contributed by atoms with E-state index in [4.69, 9.17) is 0 Å². The first kappa shape index (κ1) is 20.8. The molecule has 0 atom stereocenters. The second-order valence-corrected chi connectivity index (χ2v) is 7.22. The molecular formula is C10H22F6N5P. The zero-order valence-corrected chi connectivity index (χ0v) is 14.3.